The Morgan fingerprint density at radius 2 is 2.21 bits per heavy atom. The van der Waals surface area contributed by atoms with Crippen molar-refractivity contribution in [1.82, 2.24) is 5.32 Å². The first-order chi connectivity index (χ1) is 6.74. The number of methoxy groups -OCH3 is 1. The van der Waals surface area contributed by atoms with Crippen LogP contribution in [0, 0.1) is 5.92 Å². The highest BCUT2D eigenvalue weighted by atomic mass is 79.9. The monoisotopic (exact) mass is 263 g/mol. The minimum absolute atomic E-state index is 0.211. The van der Waals surface area contributed by atoms with E-state index in [1.165, 1.54) is 12.8 Å². The number of carbonyl (C=O) groups is 1. The summed E-state index contributed by atoms with van der Waals surface area (Å²) < 4.78 is 4.96. The Morgan fingerprint density at radius 3 is 2.79 bits per heavy atom. The van der Waals surface area contributed by atoms with Crippen LogP contribution in [0.1, 0.15) is 25.7 Å². The Hall–Kier alpha value is -0.0900. The van der Waals surface area contributed by atoms with Gasteiger partial charge in [-0.3, -0.25) is 4.79 Å². The Labute approximate surface area is 93.7 Å². The smallest absolute Gasteiger partial charge is 0.223 e. The largest absolute Gasteiger partial charge is 0.383 e. The van der Waals surface area contributed by atoms with Crippen molar-refractivity contribution < 1.29 is 9.53 Å². The van der Waals surface area contributed by atoms with Gasteiger partial charge in [-0.05, 0) is 12.8 Å². The summed E-state index contributed by atoms with van der Waals surface area (Å²) in [6.45, 7) is 1.29. The van der Waals surface area contributed by atoms with E-state index in [1.807, 2.05) is 0 Å². The van der Waals surface area contributed by atoms with Crippen LogP contribution >= 0.6 is 15.9 Å². The predicted molar refractivity (Wildman–Crippen MR) is 59.6 cm³/mol. The molecule has 1 amide bonds. The van der Waals surface area contributed by atoms with Crippen LogP contribution in [0.5, 0.6) is 0 Å². The summed E-state index contributed by atoms with van der Waals surface area (Å²) in [4.78, 5) is 11.8. The summed E-state index contributed by atoms with van der Waals surface area (Å²) in [5, 5.41) is 2.94. The van der Waals surface area contributed by atoms with Crippen molar-refractivity contribution in [2.45, 2.75) is 30.5 Å². The Morgan fingerprint density at radius 1 is 1.57 bits per heavy atom. The van der Waals surface area contributed by atoms with E-state index < -0.39 is 0 Å². The third kappa shape index (κ3) is 3.96. The highest BCUT2D eigenvalue weighted by Gasteiger charge is 2.22. The molecule has 0 spiro atoms. The van der Waals surface area contributed by atoms with Crippen LogP contribution in [0.2, 0.25) is 0 Å². The summed E-state index contributed by atoms with van der Waals surface area (Å²) in [5.74, 6) is 0.472. The van der Waals surface area contributed by atoms with Crippen LogP contribution in [-0.4, -0.2) is 31.0 Å². The average molecular weight is 264 g/mol. The van der Waals surface area contributed by atoms with Gasteiger partial charge in [0.1, 0.15) is 0 Å². The van der Waals surface area contributed by atoms with Crippen LogP contribution in [0.4, 0.5) is 0 Å². The lowest BCUT2D eigenvalue weighted by molar-refractivity contribution is -0.124. The number of alkyl halides is 1. The van der Waals surface area contributed by atoms with E-state index in [9.17, 15) is 4.79 Å². The number of nitrogens with one attached hydrogen (secondary N) is 1. The minimum atomic E-state index is 0.211. The van der Waals surface area contributed by atoms with E-state index in [2.05, 4.69) is 21.2 Å². The third-order valence-corrected chi connectivity index (χ3v) is 3.16. The van der Waals surface area contributed by atoms with Gasteiger partial charge in [-0.25, -0.2) is 0 Å². The number of hydrogen-bond acceptors (Lipinski definition) is 2. The fraction of sp³-hybridized carbons (Fsp3) is 0.900. The van der Waals surface area contributed by atoms with Crippen LogP contribution in [0.3, 0.4) is 0 Å². The molecule has 1 unspecified atom stereocenters. The second-order valence-electron chi connectivity index (χ2n) is 3.78. The molecule has 1 aliphatic rings. The molecule has 0 aromatic rings. The zero-order chi connectivity index (χ0) is 10.4. The lowest BCUT2D eigenvalue weighted by Gasteiger charge is -2.13. The maximum absolute atomic E-state index is 11.6. The van der Waals surface area contributed by atoms with Crippen molar-refractivity contribution in [3.05, 3.63) is 0 Å². The summed E-state index contributed by atoms with van der Waals surface area (Å²) in [5.41, 5.74) is 0. The first kappa shape index (κ1) is 12.0. The summed E-state index contributed by atoms with van der Waals surface area (Å²) in [7, 11) is 1.66. The van der Waals surface area contributed by atoms with Gasteiger partial charge in [-0.2, -0.15) is 0 Å². The number of ether oxygens (including phenoxy) is 1. The van der Waals surface area contributed by atoms with Crippen LogP contribution < -0.4 is 5.32 Å². The fourth-order valence-corrected chi connectivity index (χ4v) is 2.21. The van der Waals surface area contributed by atoms with Crippen molar-refractivity contribution in [2.24, 2.45) is 5.92 Å². The number of halogens is 1. The van der Waals surface area contributed by atoms with Gasteiger partial charge >= 0.3 is 0 Å². The Balaban J connectivity index is 2.13. The molecule has 4 heteroatoms. The van der Waals surface area contributed by atoms with Crippen LogP contribution in [0.25, 0.3) is 0 Å². The van der Waals surface area contributed by atoms with Crippen molar-refractivity contribution >= 4 is 21.8 Å². The molecule has 82 valence electrons. The molecule has 1 atom stereocenters. The topological polar surface area (TPSA) is 38.3 Å². The van der Waals surface area contributed by atoms with Crippen molar-refractivity contribution in [1.29, 1.82) is 0 Å². The van der Waals surface area contributed by atoms with Gasteiger partial charge < -0.3 is 10.1 Å². The number of carbonyl (C=O) groups excluding carboxylic acids is 1. The first-order valence-corrected chi connectivity index (χ1v) is 6.06. The van der Waals surface area contributed by atoms with Crippen molar-refractivity contribution in [3.63, 3.8) is 0 Å². The SMILES string of the molecule is COCC(Br)CNC(=O)C1CCCC1. The molecule has 0 aromatic carbocycles. The highest BCUT2D eigenvalue weighted by molar-refractivity contribution is 9.09. The molecule has 0 radical (unpaired) electrons. The molecule has 1 rings (SSSR count). The maximum Gasteiger partial charge on any atom is 0.223 e. The molecular weight excluding hydrogens is 246 g/mol. The molecule has 0 heterocycles. The molecule has 0 bridgehead atoms. The zero-order valence-electron chi connectivity index (χ0n) is 8.59. The molecule has 0 aromatic heterocycles. The molecule has 0 saturated heterocycles. The molecule has 3 nitrogen and oxygen atoms in total. The van der Waals surface area contributed by atoms with E-state index in [0.717, 1.165) is 12.8 Å². The third-order valence-electron chi connectivity index (χ3n) is 2.57. The standard InChI is InChI=1S/C10H18BrNO2/c1-14-7-9(11)6-12-10(13)8-4-2-3-5-8/h8-9H,2-7H2,1H3,(H,12,13). The predicted octanol–water partition coefficient (Wildman–Crippen LogP) is 1.70. The minimum Gasteiger partial charge on any atom is -0.383 e. The zero-order valence-corrected chi connectivity index (χ0v) is 10.2. The van der Waals surface area contributed by atoms with Gasteiger partial charge in [0, 0.05) is 19.6 Å². The average Bonchev–Trinajstić information content (AvgIpc) is 2.67. The molecule has 1 fully saturated rings. The number of amides is 1. The molecule has 14 heavy (non-hydrogen) atoms. The number of hydrogen-bond donors (Lipinski definition) is 1. The van der Waals surface area contributed by atoms with Gasteiger partial charge in [-0.1, -0.05) is 28.8 Å². The van der Waals surface area contributed by atoms with Gasteiger partial charge in [0.05, 0.1) is 11.4 Å². The summed E-state index contributed by atoms with van der Waals surface area (Å²) in [6.07, 6.45) is 4.52. The molecular formula is C10H18BrNO2. The van der Waals surface area contributed by atoms with Crippen molar-refractivity contribution in [3.8, 4) is 0 Å². The lowest BCUT2D eigenvalue weighted by atomic mass is 10.1. The van der Waals surface area contributed by atoms with E-state index in [-0.39, 0.29) is 16.7 Å². The second kappa shape index (κ2) is 6.40. The molecule has 1 N–H and O–H groups in total. The quantitative estimate of drug-likeness (QED) is 0.767. The van der Waals surface area contributed by atoms with Gasteiger partial charge in [0.2, 0.25) is 5.91 Å². The van der Waals surface area contributed by atoms with Crippen LogP contribution in [0.15, 0.2) is 0 Å². The van der Waals surface area contributed by atoms with Crippen molar-refractivity contribution in [2.75, 3.05) is 20.3 Å². The highest BCUT2D eigenvalue weighted by Crippen LogP contribution is 2.24. The maximum atomic E-state index is 11.6. The summed E-state index contributed by atoms with van der Waals surface area (Å²) >= 11 is 3.44. The molecule has 0 aliphatic heterocycles. The Bertz CT molecular complexity index is 181. The van der Waals surface area contributed by atoms with Gasteiger partial charge in [-0.15, -0.1) is 0 Å². The summed E-state index contributed by atoms with van der Waals surface area (Å²) in [6, 6.07) is 0. The number of rotatable bonds is 5. The second-order valence-corrected chi connectivity index (χ2v) is 5.07. The van der Waals surface area contributed by atoms with E-state index in [0.29, 0.717) is 13.2 Å². The van der Waals surface area contributed by atoms with E-state index in [4.69, 9.17) is 4.74 Å². The lowest BCUT2D eigenvalue weighted by Crippen LogP contribution is -2.35. The van der Waals surface area contributed by atoms with E-state index in [1.54, 1.807) is 7.11 Å². The first-order valence-electron chi connectivity index (χ1n) is 5.14. The fourth-order valence-electron chi connectivity index (χ4n) is 1.78. The Kier molecular flexibility index (Phi) is 5.48. The normalized spacial score (nSPS) is 19.6. The molecule has 1 aliphatic carbocycles. The van der Waals surface area contributed by atoms with Crippen LogP contribution in [-0.2, 0) is 9.53 Å². The molecule has 1 saturated carbocycles. The van der Waals surface area contributed by atoms with Gasteiger partial charge in [0.25, 0.3) is 0 Å². The van der Waals surface area contributed by atoms with Gasteiger partial charge in [0.15, 0.2) is 0 Å². The van der Waals surface area contributed by atoms with E-state index >= 15 is 0 Å².